The van der Waals surface area contributed by atoms with Crippen LogP contribution in [0.1, 0.15) is 107 Å². The minimum Gasteiger partial charge on any atom is -0.309 e. The zero-order valence-corrected chi connectivity index (χ0v) is 31.6. The van der Waals surface area contributed by atoms with Gasteiger partial charge in [-0.2, -0.15) is 0 Å². The summed E-state index contributed by atoms with van der Waals surface area (Å²) in [6, 6.07) is 40.1. The summed E-state index contributed by atoms with van der Waals surface area (Å²) in [6.07, 6.45) is 4.74. The van der Waals surface area contributed by atoms with Gasteiger partial charge in [-0.1, -0.05) is 134 Å². The van der Waals surface area contributed by atoms with Crippen LogP contribution in [0.2, 0.25) is 0 Å². The van der Waals surface area contributed by atoms with Crippen molar-refractivity contribution in [1.29, 1.82) is 0 Å². The summed E-state index contributed by atoms with van der Waals surface area (Å²) in [4.78, 5) is 15.2. The largest absolute Gasteiger partial charge is 0.309 e. The summed E-state index contributed by atoms with van der Waals surface area (Å²) in [5, 5.41) is 2.44. The van der Waals surface area contributed by atoms with E-state index in [1.807, 2.05) is 12.4 Å². The number of fused-ring (bicyclic) bond motifs is 4. The molecule has 8 rings (SSSR count). The van der Waals surface area contributed by atoms with Gasteiger partial charge in [0.2, 0.25) is 0 Å². The summed E-state index contributed by atoms with van der Waals surface area (Å²) in [5.41, 5.74) is 12.2. The summed E-state index contributed by atoms with van der Waals surface area (Å²) < 4.78 is 2.39. The number of anilines is 4. The van der Waals surface area contributed by atoms with Crippen LogP contribution in [0.4, 0.5) is 23.0 Å². The fraction of sp³-hybridized carbons (Fsp3) is 0.255. The number of hydrogen-bond acceptors (Lipinski definition) is 4. The highest BCUT2D eigenvalue weighted by Gasteiger charge is 2.46. The Morgan fingerprint density at radius 3 is 1.40 bits per heavy atom. The molecule has 1 aliphatic rings. The predicted molar refractivity (Wildman–Crippen MR) is 219 cm³/mol. The van der Waals surface area contributed by atoms with Crippen LogP contribution in [0.3, 0.4) is 0 Å². The van der Waals surface area contributed by atoms with Crippen molar-refractivity contribution in [2.24, 2.45) is 0 Å². The molecule has 1 radical (unpaired) electrons. The van der Waals surface area contributed by atoms with Gasteiger partial charge in [-0.3, -0.25) is 9.80 Å². The van der Waals surface area contributed by atoms with Crippen molar-refractivity contribution in [3.05, 3.63) is 156 Å². The topological polar surface area (TPSA) is 37.2 Å². The second-order valence-corrected chi connectivity index (χ2v) is 15.3. The maximum Gasteiger partial charge on any atom is 0.199 e. The normalized spacial score (nSPS) is 13.5. The van der Waals surface area contributed by atoms with Gasteiger partial charge in [-0.25, -0.2) is 9.97 Å². The Labute approximate surface area is 308 Å². The number of para-hydroxylation sites is 4. The zero-order valence-electron chi connectivity index (χ0n) is 31.6. The van der Waals surface area contributed by atoms with Crippen LogP contribution >= 0.6 is 0 Å². The third-order valence-corrected chi connectivity index (χ3v) is 10.6. The SMILES string of the molecule is CC(C)c1cccc(C(C)C)c1N1[C](c2ccc3c(c2)c2ccccc2n3-c2ccccc2)N(c2c(C(C)C)cccc2C(C)C)c2nccnc21. The highest BCUT2D eigenvalue weighted by molar-refractivity contribution is 6.10. The molecule has 7 aromatic rings. The van der Waals surface area contributed by atoms with E-state index < -0.39 is 0 Å². The van der Waals surface area contributed by atoms with E-state index in [9.17, 15) is 0 Å². The van der Waals surface area contributed by atoms with E-state index in [-0.39, 0.29) is 0 Å². The van der Waals surface area contributed by atoms with Crippen LogP contribution in [0.5, 0.6) is 0 Å². The Morgan fingerprint density at radius 2 is 0.904 bits per heavy atom. The van der Waals surface area contributed by atoms with Crippen molar-refractivity contribution in [2.75, 3.05) is 9.80 Å². The van der Waals surface area contributed by atoms with E-state index >= 15 is 0 Å². The first kappa shape index (κ1) is 33.7. The third-order valence-electron chi connectivity index (χ3n) is 10.6. The van der Waals surface area contributed by atoms with Crippen molar-refractivity contribution in [3.63, 3.8) is 0 Å². The van der Waals surface area contributed by atoms with Gasteiger partial charge in [0.1, 0.15) is 0 Å². The lowest BCUT2D eigenvalue weighted by Gasteiger charge is -2.36. The van der Waals surface area contributed by atoms with Gasteiger partial charge >= 0.3 is 0 Å². The standard InChI is InChI=1S/C47H48N5/c1-29(2)35-19-14-20-36(30(3)4)43(35)51-45-46(49-27-26-48-45)52(44-37(31(5)6)21-15-22-38(44)32(7)8)47(51)33-24-25-42-40(28-33)39-18-12-13-23-41(39)50(42)34-16-10-9-11-17-34/h9-32H,1-8H3. The van der Waals surface area contributed by atoms with Gasteiger partial charge < -0.3 is 4.57 Å². The smallest absolute Gasteiger partial charge is 0.199 e. The first-order chi connectivity index (χ1) is 25.2. The predicted octanol–water partition coefficient (Wildman–Crippen LogP) is 12.9. The summed E-state index contributed by atoms with van der Waals surface area (Å²) in [7, 11) is 0. The average Bonchev–Trinajstić information content (AvgIpc) is 3.67. The fourth-order valence-electron chi connectivity index (χ4n) is 8.13. The van der Waals surface area contributed by atoms with E-state index in [0.29, 0.717) is 23.7 Å². The van der Waals surface area contributed by atoms with Gasteiger partial charge in [0.15, 0.2) is 17.8 Å². The number of hydrogen-bond donors (Lipinski definition) is 0. The molecular weight excluding hydrogens is 635 g/mol. The van der Waals surface area contributed by atoms with Crippen molar-refractivity contribution in [2.45, 2.75) is 79.1 Å². The molecule has 2 aromatic heterocycles. The van der Waals surface area contributed by atoms with Gasteiger partial charge in [-0.05, 0) is 76.3 Å². The van der Waals surface area contributed by atoms with Crippen LogP contribution in [0, 0.1) is 6.17 Å². The monoisotopic (exact) mass is 682 g/mol. The van der Waals surface area contributed by atoms with Gasteiger partial charge in [0, 0.05) is 34.4 Å². The van der Waals surface area contributed by atoms with E-state index in [0.717, 1.165) is 29.1 Å². The molecule has 5 aromatic carbocycles. The molecule has 0 spiro atoms. The highest BCUT2D eigenvalue weighted by atomic mass is 15.5. The number of aromatic nitrogens is 3. The highest BCUT2D eigenvalue weighted by Crippen LogP contribution is 2.56. The molecule has 3 heterocycles. The van der Waals surface area contributed by atoms with Crippen LogP contribution in [0.15, 0.2) is 122 Å². The van der Waals surface area contributed by atoms with Crippen LogP contribution in [-0.2, 0) is 0 Å². The van der Waals surface area contributed by atoms with Crippen molar-refractivity contribution in [3.8, 4) is 5.69 Å². The molecule has 0 saturated heterocycles. The first-order valence-electron chi connectivity index (χ1n) is 18.8. The molecule has 0 bridgehead atoms. The summed E-state index contributed by atoms with van der Waals surface area (Å²) >= 11 is 0. The fourth-order valence-corrected chi connectivity index (χ4v) is 8.13. The Morgan fingerprint density at radius 1 is 0.442 bits per heavy atom. The summed E-state index contributed by atoms with van der Waals surface area (Å²) in [6.45, 7) is 18.4. The molecule has 1 aliphatic heterocycles. The Hall–Kier alpha value is -5.42. The van der Waals surface area contributed by atoms with E-state index in [1.54, 1.807) is 0 Å². The van der Waals surface area contributed by atoms with E-state index in [4.69, 9.17) is 9.97 Å². The molecule has 5 nitrogen and oxygen atoms in total. The minimum atomic E-state index is 0.296. The zero-order chi connectivity index (χ0) is 36.3. The number of rotatable bonds is 8. The van der Waals surface area contributed by atoms with Crippen LogP contribution < -0.4 is 9.80 Å². The lowest BCUT2D eigenvalue weighted by molar-refractivity contribution is 0.805. The van der Waals surface area contributed by atoms with Crippen LogP contribution in [-0.4, -0.2) is 14.5 Å². The molecule has 261 valence electrons. The van der Waals surface area contributed by atoms with Gasteiger partial charge in [-0.15, -0.1) is 0 Å². The molecule has 0 unspecified atom stereocenters. The summed E-state index contributed by atoms with van der Waals surface area (Å²) in [5.74, 6) is 2.89. The number of benzene rings is 5. The quantitative estimate of drug-likeness (QED) is 0.160. The van der Waals surface area contributed by atoms with Crippen molar-refractivity contribution in [1.82, 2.24) is 14.5 Å². The van der Waals surface area contributed by atoms with Crippen molar-refractivity contribution >= 4 is 44.8 Å². The van der Waals surface area contributed by atoms with E-state index in [1.165, 1.54) is 55.4 Å². The second-order valence-electron chi connectivity index (χ2n) is 15.3. The lowest BCUT2D eigenvalue weighted by atomic mass is 9.90. The average molecular weight is 683 g/mol. The first-order valence-corrected chi connectivity index (χ1v) is 18.8. The molecule has 0 amide bonds. The molecule has 0 N–H and O–H groups in total. The van der Waals surface area contributed by atoms with E-state index in [2.05, 4.69) is 179 Å². The maximum atomic E-state index is 5.17. The van der Waals surface area contributed by atoms with Gasteiger partial charge in [0.25, 0.3) is 0 Å². The molecule has 52 heavy (non-hydrogen) atoms. The molecular formula is C47H48N5. The Kier molecular flexibility index (Phi) is 8.61. The molecule has 0 aliphatic carbocycles. The maximum absolute atomic E-state index is 5.17. The third kappa shape index (κ3) is 5.37. The minimum absolute atomic E-state index is 0.296. The van der Waals surface area contributed by atoms with Crippen LogP contribution in [0.25, 0.3) is 27.5 Å². The molecule has 0 fully saturated rings. The number of nitrogens with zero attached hydrogens (tertiary/aromatic N) is 5. The lowest BCUT2D eigenvalue weighted by Crippen LogP contribution is -2.34. The second kappa shape index (κ2) is 13.3. The Bertz CT molecular complexity index is 2260. The van der Waals surface area contributed by atoms with Crippen molar-refractivity contribution < 1.29 is 0 Å². The molecule has 0 atom stereocenters. The molecule has 5 heteroatoms. The molecule has 0 saturated carbocycles. The van der Waals surface area contributed by atoms with Gasteiger partial charge in [0.05, 0.1) is 22.4 Å². The Balaban J connectivity index is 1.49.